The largest absolute Gasteiger partial charge is 0.462 e. The maximum Gasteiger partial charge on any atom is 0.306 e. The van der Waals surface area contributed by atoms with Crippen molar-refractivity contribution < 1.29 is 56.8 Å². The first kappa shape index (κ1) is 61.9. The van der Waals surface area contributed by atoms with Crippen LogP contribution >= 0.6 is 0 Å². The molecule has 0 spiro atoms. The molecule has 2 unspecified atom stereocenters. The summed E-state index contributed by atoms with van der Waals surface area (Å²) in [5.41, 5.74) is 0. The van der Waals surface area contributed by atoms with E-state index in [-0.39, 0.29) is 19.4 Å². The van der Waals surface area contributed by atoms with Gasteiger partial charge in [-0.3, -0.25) is 14.1 Å². The fourth-order valence-corrected chi connectivity index (χ4v) is 8.74. The third kappa shape index (κ3) is 36.9. The Bertz CT molecular complexity index is 1350. The molecule has 66 heavy (non-hydrogen) atoms. The standard InChI is InChI=1S/C53H96O12S/c1-3-5-7-9-11-13-15-17-19-20-21-22-23-24-25-26-28-29-31-33-35-37-39-41-48(54)62-43-46(44-63-53-52(58)51(57)50(56)47(65-53)45-66(59,60)61)64-49(55)42-40-38-36-34-32-30-27-18-16-14-12-10-8-6-4-2/h26,28,32-35,46-47,50-53,56-58H,3-25,27,29-31,36-45H2,1-2H3,(H,59,60,61)/b28-26+,34-32+,35-33+/t46-,47-,50-,51?,52?,53+/m1/s1. The summed E-state index contributed by atoms with van der Waals surface area (Å²) < 4.78 is 54.2. The highest BCUT2D eigenvalue weighted by Gasteiger charge is 2.46. The maximum atomic E-state index is 12.8. The molecule has 1 aliphatic rings. The van der Waals surface area contributed by atoms with E-state index < -0.39 is 71.2 Å². The molecule has 13 heteroatoms. The molecule has 1 aliphatic heterocycles. The van der Waals surface area contributed by atoms with E-state index in [1.807, 2.05) is 0 Å². The fourth-order valence-electron chi connectivity index (χ4n) is 8.05. The van der Waals surface area contributed by atoms with Crippen LogP contribution in [0.25, 0.3) is 0 Å². The molecule has 0 aromatic heterocycles. The monoisotopic (exact) mass is 957 g/mol. The van der Waals surface area contributed by atoms with Crippen molar-refractivity contribution in [1.82, 2.24) is 0 Å². The quantitative estimate of drug-likeness (QED) is 0.0196. The molecule has 0 amide bonds. The van der Waals surface area contributed by atoms with E-state index in [9.17, 15) is 37.9 Å². The Hall–Kier alpha value is -2.13. The molecule has 386 valence electrons. The first-order valence-corrected chi connectivity index (χ1v) is 28.2. The zero-order chi connectivity index (χ0) is 48.4. The van der Waals surface area contributed by atoms with E-state index in [2.05, 4.69) is 50.3 Å². The molecule has 0 saturated carbocycles. The van der Waals surface area contributed by atoms with Gasteiger partial charge in [-0.2, -0.15) is 8.42 Å². The lowest BCUT2D eigenvalue weighted by molar-refractivity contribution is -0.297. The molecule has 6 atom stereocenters. The maximum absolute atomic E-state index is 12.8. The van der Waals surface area contributed by atoms with Crippen molar-refractivity contribution in [3.63, 3.8) is 0 Å². The van der Waals surface area contributed by atoms with Crippen LogP contribution in [0.2, 0.25) is 0 Å². The lowest BCUT2D eigenvalue weighted by Crippen LogP contribution is -2.60. The summed E-state index contributed by atoms with van der Waals surface area (Å²) in [5.74, 6) is -2.06. The van der Waals surface area contributed by atoms with Gasteiger partial charge in [0.1, 0.15) is 36.8 Å². The minimum atomic E-state index is -4.61. The third-order valence-electron chi connectivity index (χ3n) is 12.2. The molecule has 0 aromatic rings. The Kier molecular flexibility index (Phi) is 40.3. The highest BCUT2D eigenvalue weighted by molar-refractivity contribution is 7.85. The SMILES string of the molecule is CCCCCCCCCCC/C=C/CCCCC(=O)O[C@H](COC(=O)CCC/C=C/CC/C=C/CCCCCCCCCCCCCCCC)CO[C@H]1O[C@H](CS(=O)(=O)O)[C@@H](O)C(O)C1O. The van der Waals surface area contributed by atoms with Gasteiger partial charge >= 0.3 is 11.9 Å². The van der Waals surface area contributed by atoms with Gasteiger partial charge in [0.15, 0.2) is 12.4 Å². The minimum absolute atomic E-state index is 0.127. The highest BCUT2D eigenvalue weighted by atomic mass is 32.2. The van der Waals surface area contributed by atoms with Crippen molar-refractivity contribution in [1.29, 1.82) is 0 Å². The second-order valence-electron chi connectivity index (χ2n) is 18.5. The van der Waals surface area contributed by atoms with Gasteiger partial charge in [-0.1, -0.05) is 185 Å². The zero-order valence-corrected chi connectivity index (χ0v) is 42.4. The number of aliphatic hydroxyl groups is 3. The number of unbranched alkanes of at least 4 members (excludes halogenated alkanes) is 27. The summed E-state index contributed by atoms with van der Waals surface area (Å²) >= 11 is 0. The number of allylic oxidation sites excluding steroid dienone is 6. The Labute approximate surface area is 401 Å². The van der Waals surface area contributed by atoms with Crippen LogP contribution in [0, 0.1) is 0 Å². The Morgan fingerprint density at radius 1 is 0.500 bits per heavy atom. The van der Waals surface area contributed by atoms with Gasteiger partial charge in [0, 0.05) is 12.8 Å². The number of esters is 2. The van der Waals surface area contributed by atoms with Gasteiger partial charge in [0.25, 0.3) is 10.1 Å². The zero-order valence-electron chi connectivity index (χ0n) is 41.6. The van der Waals surface area contributed by atoms with Crippen LogP contribution in [-0.2, 0) is 38.7 Å². The van der Waals surface area contributed by atoms with Crippen molar-refractivity contribution in [3.8, 4) is 0 Å². The van der Waals surface area contributed by atoms with Crippen molar-refractivity contribution in [2.45, 2.75) is 269 Å². The Morgan fingerprint density at radius 2 is 0.894 bits per heavy atom. The van der Waals surface area contributed by atoms with Gasteiger partial charge in [0.2, 0.25) is 0 Å². The average molecular weight is 957 g/mol. The molecule has 0 bridgehead atoms. The van der Waals surface area contributed by atoms with Crippen LogP contribution in [0.5, 0.6) is 0 Å². The predicted octanol–water partition coefficient (Wildman–Crippen LogP) is 12.1. The van der Waals surface area contributed by atoms with Gasteiger partial charge in [-0.25, -0.2) is 0 Å². The van der Waals surface area contributed by atoms with Crippen molar-refractivity contribution in [2.24, 2.45) is 0 Å². The highest BCUT2D eigenvalue weighted by Crippen LogP contribution is 2.24. The number of carbonyl (C=O) groups is 2. The fraction of sp³-hybridized carbons (Fsp3) is 0.849. The Balaban J connectivity index is 2.37. The van der Waals surface area contributed by atoms with Crippen LogP contribution in [0.3, 0.4) is 0 Å². The summed E-state index contributed by atoms with van der Waals surface area (Å²) in [5, 5.41) is 31.0. The van der Waals surface area contributed by atoms with E-state index in [1.54, 1.807) is 0 Å². The molecule has 1 fully saturated rings. The first-order valence-electron chi connectivity index (χ1n) is 26.5. The number of hydrogen-bond donors (Lipinski definition) is 4. The molecule has 4 N–H and O–H groups in total. The van der Waals surface area contributed by atoms with E-state index >= 15 is 0 Å². The minimum Gasteiger partial charge on any atom is -0.462 e. The molecule has 1 saturated heterocycles. The smallest absolute Gasteiger partial charge is 0.306 e. The number of rotatable bonds is 45. The summed E-state index contributed by atoms with van der Waals surface area (Å²) in [6.45, 7) is 3.74. The summed E-state index contributed by atoms with van der Waals surface area (Å²) in [7, 11) is -4.61. The molecular weight excluding hydrogens is 861 g/mol. The average Bonchev–Trinajstić information content (AvgIpc) is 3.28. The normalized spacial score (nSPS) is 19.6. The van der Waals surface area contributed by atoms with Crippen LogP contribution in [0.1, 0.15) is 232 Å². The van der Waals surface area contributed by atoms with Crippen molar-refractivity contribution in [2.75, 3.05) is 19.0 Å². The Morgan fingerprint density at radius 3 is 1.35 bits per heavy atom. The lowest BCUT2D eigenvalue weighted by Gasteiger charge is -2.40. The van der Waals surface area contributed by atoms with Crippen LogP contribution in [0.15, 0.2) is 36.5 Å². The van der Waals surface area contributed by atoms with Gasteiger partial charge in [-0.05, 0) is 70.6 Å². The number of aliphatic hydroxyl groups excluding tert-OH is 3. The summed E-state index contributed by atoms with van der Waals surface area (Å²) in [6.07, 6.45) is 42.1. The van der Waals surface area contributed by atoms with Gasteiger partial charge < -0.3 is 34.3 Å². The third-order valence-corrected chi connectivity index (χ3v) is 12.9. The van der Waals surface area contributed by atoms with Crippen molar-refractivity contribution >= 4 is 22.1 Å². The molecule has 0 radical (unpaired) electrons. The molecule has 12 nitrogen and oxygen atoms in total. The number of ether oxygens (including phenoxy) is 4. The molecule has 1 heterocycles. The van der Waals surface area contributed by atoms with E-state index in [1.165, 1.54) is 148 Å². The van der Waals surface area contributed by atoms with E-state index in [0.717, 1.165) is 38.5 Å². The van der Waals surface area contributed by atoms with Gasteiger partial charge in [0.05, 0.1) is 6.61 Å². The molecule has 0 aliphatic carbocycles. The predicted molar refractivity (Wildman–Crippen MR) is 266 cm³/mol. The van der Waals surface area contributed by atoms with Gasteiger partial charge in [-0.15, -0.1) is 0 Å². The number of carbonyl (C=O) groups excluding carboxylic acids is 2. The summed E-state index contributed by atoms with van der Waals surface area (Å²) in [6, 6.07) is 0. The summed E-state index contributed by atoms with van der Waals surface area (Å²) in [4.78, 5) is 25.5. The van der Waals surface area contributed by atoms with Crippen LogP contribution < -0.4 is 0 Å². The first-order chi connectivity index (χ1) is 32.0. The lowest BCUT2D eigenvalue weighted by atomic mass is 10.00. The molecule has 0 aromatic carbocycles. The molecular formula is C53H96O12S. The molecule has 1 rings (SSSR count). The van der Waals surface area contributed by atoms with E-state index in [4.69, 9.17) is 18.9 Å². The second-order valence-corrected chi connectivity index (χ2v) is 20.0. The number of hydrogen-bond acceptors (Lipinski definition) is 11. The second kappa shape index (κ2) is 42.9. The van der Waals surface area contributed by atoms with Crippen molar-refractivity contribution in [3.05, 3.63) is 36.5 Å². The van der Waals surface area contributed by atoms with Crippen LogP contribution in [-0.4, -0.2) is 96.0 Å². The van der Waals surface area contributed by atoms with Crippen LogP contribution in [0.4, 0.5) is 0 Å². The topological polar surface area (TPSA) is 186 Å². The van der Waals surface area contributed by atoms with E-state index in [0.29, 0.717) is 19.3 Å².